The first-order chi connectivity index (χ1) is 12.5. The average molecular weight is 369 g/mol. The van der Waals surface area contributed by atoms with Gasteiger partial charge in [-0.2, -0.15) is 0 Å². The van der Waals surface area contributed by atoms with Gasteiger partial charge >= 0.3 is 6.03 Å². The molecule has 2 aliphatic heterocycles. The summed E-state index contributed by atoms with van der Waals surface area (Å²) in [5.41, 5.74) is 2.21. The van der Waals surface area contributed by atoms with Gasteiger partial charge in [0, 0.05) is 17.9 Å². The number of aryl methyl sites for hydroxylation is 1. The Bertz CT molecular complexity index is 915. The molecule has 0 aliphatic carbocycles. The molecule has 0 bridgehead atoms. The van der Waals surface area contributed by atoms with Crippen LogP contribution in [0, 0.1) is 17.0 Å². The number of amides is 3. The lowest BCUT2D eigenvalue weighted by Gasteiger charge is -2.23. The molecule has 26 heavy (non-hydrogen) atoms. The number of non-ortho nitro benzene ring substituents is 1. The molecule has 2 heterocycles. The van der Waals surface area contributed by atoms with Crippen molar-refractivity contribution >= 4 is 35.1 Å². The maximum absolute atomic E-state index is 13.0. The van der Waals surface area contributed by atoms with Gasteiger partial charge < -0.3 is 0 Å². The molecule has 8 heteroatoms. The number of anilines is 1. The first-order valence-electron chi connectivity index (χ1n) is 8.06. The minimum Gasteiger partial charge on any atom is -0.295 e. The number of carbonyl (C=O) groups excluding carboxylic acids is 2. The van der Waals surface area contributed by atoms with Crippen LogP contribution in [0.2, 0.25) is 0 Å². The van der Waals surface area contributed by atoms with Crippen molar-refractivity contribution in [2.45, 2.75) is 18.3 Å². The van der Waals surface area contributed by atoms with E-state index in [0.29, 0.717) is 17.0 Å². The van der Waals surface area contributed by atoms with Crippen LogP contribution in [0.5, 0.6) is 0 Å². The smallest absolute Gasteiger partial charge is 0.295 e. The third-order valence-electron chi connectivity index (χ3n) is 4.58. The van der Waals surface area contributed by atoms with Crippen LogP contribution in [-0.2, 0) is 4.79 Å². The number of hydrogen-bond acceptors (Lipinski definition) is 5. The fourth-order valence-corrected chi connectivity index (χ4v) is 4.67. The highest BCUT2D eigenvalue weighted by Crippen LogP contribution is 2.46. The molecule has 2 fully saturated rings. The van der Waals surface area contributed by atoms with E-state index < -0.39 is 16.3 Å². The molecule has 2 aromatic carbocycles. The highest BCUT2D eigenvalue weighted by molar-refractivity contribution is 7.99. The Kier molecular flexibility index (Phi) is 3.91. The van der Waals surface area contributed by atoms with Gasteiger partial charge in [0.05, 0.1) is 10.6 Å². The van der Waals surface area contributed by atoms with E-state index in [2.05, 4.69) is 0 Å². The van der Waals surface area contributed by atoms with Gasteiger partial charge in [0.25, 0.3) is 11.6 Å². The number of benzene rings is 2. The number of nitro groups is 1. The molecule has 2 aromatic rings. The van der Waals surface area contributed by atoms with E-state index in [9.17, 15) is 19.7 Å². The molecule has 0 unspecified atom stereocenters. The normalized spacial score (nSPS) is 22.0. The molecule has 2 saturated heterocycles. The lowest BCUT2D eigenvalue weighted by atomic mass is 10.1. The standard InChI is InChI=1S/C18H15N3O4S/c1-11-5-7-13(8-6-11)19-16(22)15-10-26-17(20(15)18(19)23)12-3-2-4-14(9-12)21(24)25/h2-9,15,17H,10H2,1H3/t15-,17-/m0/s1. The van der Waals surface area contributed by atoms with Crippen molar-refractivity contribution in [1.29, 1.82) is 0 Å². The van der Waals surface area contributed by atoms with Crippen molar-refractivity contribution in [3.63, 3.8) is 0 Å². The summed E-state index contributed by atoms with van der Waals surface area (Å²) in [7, 11) is 0. The van der Waals surface area contributed by atoms with E-state index in [4.69, 9.17) is 0 Å². The number of fused-ring (bicyclic) bond motifs is 1. The summed E-state index contributed by atoms with van der Waals surface area (Å²) in [5, 5.41) is 10.6. The zero-order chi connectivity index (χ0) is 18.4. The van der Waals surface area contributed by atoms with Gasteiger partial charge in [-0.25, -0.2) is 9.69 Å². The van der Waals surface area contributed by atoms with Crippen molar-refractivity contribution in [3.8, 4) is 0 Å². The summed E-state index contributed by atoms with van der Waals surface area (Å²) < 4.78 is 0. The predicted molar refractivity (Wildman–Crippen MR) is 98.0 cm³/mol. The summed E-state index contributed by atoms with van der Waals surface area (Å²) in [5.74, 6) is 0.222. The Morgan fingerprint density at radius 1 is 1.15 bits per heavy atom. The summed E-state index contributed by atoms with van der Waals surface area (Å²) in [6.45, 7) is 1.94. The number of rotatable bonds is 3. The molecule has 3 amide bonds. The highest BCUT2D eigenvalue weighted by Gasteiger charge is 2.53. The van der Waals surface area contributed by atoms with Crippen molar-refractivity contribution in [3.05, 3.63) is 69.8 Å². The van der Waals surface area contributed by atoms with Crippen molar-refractivity contribution in [2.75, 3.05) is 10.7 Å². The van der Waals surface area contributed by atoms with E-state index >= 15 is 0 Å². The highest BCUT2D eigenvalue weighted by atomic mass is 32.2. The third kappa shape index (κ3) is 2.53. The summed E-state index contributed by atoms with van der Waals surface area (Å²) in [4.78, 5) is 39.1. The van der Waals surface area contributed by atoms with Gasteiger partial charge in [0.2, 0.25) is 0 Å². The van der Waals surface area contributed by atoms with Gasteiger partial charge in [-0.3, -0.25) is 19.8 Å². The molecule has 4 rings (SSSR count). The number of thioether (sulfide) groups is 1. The van der Waals surface area contributed by atoms with E-state index in [-0.39, 0.29) is 17.6 Å². The Morgan fingerprint density at radius 2 is 1.88 bits per heavy atom. The average Bonchev–Trinajstić information content (AvgIpc) is 3.17. The van der Waals surface area contributed by atoms with Crippen LogP contribution in [0.15, 0.2) is 48.5 Å². The Morgan fingerprint density at radius 3 is 2.58 bits per heavy atom. The number of imide groups is 1. The van der Waals surface area contributed by atoms with E-state index in [1.165, 1.54) is 33.7 Å². The Balaban J connectivity index is 1.68. The van der Waals surface area contributed by atoms with Gasteiger partial charge in [-0.05, 0) is 24.6 Å². The van der Waals surface area contributed by atoms with Crippen LogP contribution in [-0.4, -0.2) is 33.6 Å². The SMILES string of the molecule is Cc1ccc(N2C(=O)[C@@H]3CS[C@@H](c4cccc([N+](=O)[O-])c4)N3C2=O)cc1. The first kappa shape index (κ1) is 16.6. The zero-order valence-corrected chi connectivity index (χ0v) is 14.7. The summed E-state index contributed by atoms with van der Waals surface area (Å²) in [6.07, 6.45) is 0. The number of hydrogen-bond donors (Lipinski definition) is 0. The molecule has 2 aliphatic rings. The number of nitrogens with zero attached hydrogens (tertiary/aromatic N) is 3. The van der Waals surface area contributed by atoms with Gasteiger partial charge in [-0.15, -0.1) is 11.8 Å². The van der Waals surface area contributed by atoms with Gasteiger partial charge in [0.15, 0.2) is 0 Å². The van der Waals surface area contributed by atoms with E-state index in [0.717, 1.165) is 5.56 Å². The minimum atomic E-state index is -0.543. The van der Waals surface area contributed by atoms with Gasteiger partial charge in [0.1, 0.15) is 11.4 Å². The van der Waals surface area contributed by atoms with Crippen molar-refractivity contribution in [2.24, 2.45) is 0 Å². The Labute approximate surface area is 153 Å². The van der Waals surface area contributed by atoms with Crippen LogP contribution in [0.4, 0.5) is 16.2 Å². The largest absolute Gasteiger partial charge is 0.333 e. The summed E-state index contributed by atoms with van der Waals surface area (Å²) >= 11 is 1.45. The van der Waals surface area contributed by atoms with Crippen LogP contribution >= 0.6 is 11.8 Å². The second-order valence-electron chi connectivity index (χ2n) is 6.25. The Hall–Kier alpha value is -2.87. The first-order valence-corrected chi connectivity index (χ1v) is 9.11. The number of urea groups is 1. The van der Waals surface area contributed by atoms with Gasteiger partial charge in [-0.1, -0.05) is 29.8 Å². The topological polar surface area (TPSA) is 83.8 Å². The summed E-state index contributed by atoms with van der Waals surface area (Å²) in [6, 6.07) is 12.5. The van der Waals surface area contributed by atoms with Crippen LogP contribution in [0.25, 0.3) is 0 Å². The third-order valence-corrected chi connectivity index (χ3v) is 5.90. The predicted octanol–water partition coefficient (Wildman–Crippen LogP) is 3.49. The molecule has 0 N–H and O–H groups in total. The second kappa shape index (κ2) is 6.14. The lowest BCUT2D eigenvalue weighted by Crippen LogP contribution is -2.33. The maximum atomic E-state index is 13.0. The van der Waals surface area contributed by atoms with Crippen LogP contribution in [0.1, 0.15) is 16.5 Å². The molecule has 0 saturated carbocycles. The number of nitro benzene ring substituents is 1. The van der Waals surface area contributed by atoms with Crippen molar-refractivity contribution in [1.82, 2.24) is 4.90 Å². The fourth-order valence-electron chi connectivity index (χ4n) is 3.27. The monoisotopic (exact) mass is 369 g/mol. The van der Waals surface area contributed by atoms with Crippen LogP contribution < -0.4 is 4.90 Å². The molecule has 7 nitrogen and oxygen atoms in total. The van der Waals surface area contributed by atoms with E-state index in [1.807, 2.05) is 19.1 Å². The second-order valence-corrected chi connectivity index (χ2v) is 7.37. The molecule has 0 radical (unpaired) electrons. The lowest BCUT2D eigenvalue weighted by molar-refractivity contribution is -0.384. The zero-order valence-electron chi connectivity index (χ0n) is 13.9. The number of carbonyl (C=O) groups is 2. The molecule has 132 valence electrons. The molecule has 0 aromatic heterocycles. The maximum Gasteiger partial charge on any atom is 0.333 e. The molecular formula is C18H15N3O4S. The van der Waals surface area contributed by atoms with Crippen molar-refractivity contribution < 1.29 is 14.5 Å². The molecule has 2 atom stereocenters. The van der Waals surface area contributed by atoms with E-state index in [1.54, 1.807) is 24.3 Å². The molecular weight excluding hydrogens is 354 g/mol. The molecule has 0 spiro atoms. The minimum absolute atomic E-state index is 0.0279. The van der Waals surface area contributed by atoms with Crippen LogP contribution in [0.3, 0.4) is 0 Å². The quantitative estimate of drug-likeness (QED) is 0.470. The fraction of sp³-hybridized carbons (Fsp3) is 0.222.